The average molecular weight is 155 g/mol. The fraction of sp³-hybridized carbons (Fsp3) is 0.667. The maximum atomic E-state index is 5.14. The van der Waals surface area contributed by atoms with Gasteiger partial charge in [-0.2, -0.15) is 0 Å². The Balaban J connectivity index is 4.21. The SMILES string of the molecule is C/C=N\O/C(=C\C)C(C)(C)C. The molecule has 0 saturated heterocycles. The second-order valence-electron chi connectivity index (χ2n) is 3.36. The topological polar surface area (TPSA) is 21.6 Å². The van der Waals surface area contributed by atoms with E-state index in [2.05, 4.69) is 25.9 Å². The first-order valence-electron chi connectivity index (χ1n) is 3.84. The van der Waals surface area contributed by atoms with E-state index in [4.69, 9.17) is 4.84 Å². The minimum atomic E-state index is 0.0429. The molecule has 0 rings (SSSR count). The van der Waals surface area contributed by atoms with Gasteiger partial charge in [-0.25, -0.2) is 0 Å². The summed E-state index contributed by atoms with van der Waals surface area (Å²) in [5.74, 6) is 0.899. The summed E-state index contributed by atoms with van der Waals surface area (Å²) in [5.41, 5.74) is 0.0429. The number of allylic oxidation sites excluding steroid dienone is 2. The molecule has 0 bridgehead atoms. The molecular weight excluding hydrogens is 138 g/mol. The predicted octanol–water partition coefficient (Wildman–Crippen LogP) is 2.96. The van der Waals surface area contributed by atoms with E-state index in [1.807, 2.05) is 19.9 Å². The number of hydrogen-bond acceptors (Lipinski definition) is 2. The Labute approximate surface area is 68.9 Å². The molecule has 0 fully saturated rings. The zero-order chi connectivity index (χ0) is 8.91. The molecule has 2 nitrogen and oxygen atoms in total. The summed E-state index contributed by atoms with van der Waals surface area (Å²) in [7, 11) is 0. The van der Waals surface area contributed by atoms with Crippen LogP contribution in [0, 0.1) is 5.41 Å². The van der Waals surface area contributed by atoms with Crippen molar-refractivity contribution >= 4 is 6.21 Å². The van der Waals surface area contributed by atoms with Gasteiger partial charge in [0.25, 0.3) is 0 Å². The van der Waals surface area contributed by atoms with E-state index in [9.17, 15) is 0 Å². The van der Waals surface area contributed by atoms with Crippen molar-refractivity contribution in [2.75, 3.05) is 0 Å². The van der Waals surface area contributed by atoms with Crippen molar-refractivity contribution in [2.24, 2.45) is 10.6 Å². The lowest BCUT2D eigenvalue weighted by atomic mass is 9.94. The van der Waals surface area contributed by atoms with Crippen LogP contribution in [0.2, 0.25) is 0 Å². The Morgan fingerprint density at radius 3 is 2.09 bits per heavy atom. The molecule has 0 aliphatic heterocycles. The smallest absolute Gasteiger partial charge is 0.136 e. The maximum Gasteiger partial charge on any atom is 0.136 e. The highest BCUT2D eigenvalue weighted by atomic mass is 16.6. The summed E-state index contributed by atoms with van der Waals surface area (Å²) in [4.78, 5) is 5.14. The summed E-state index contributed by atoms with van der Waals surface area (Å²) in [5, 5.41) is 3.72. The normalized spacial score (nSPS) is 14.1. The highest BCUT2D eigenvalue weighted by Crippen LogP contribution is 2.25. The number of oxime groups is 1. The van der Waals surface area contributed by atoms with Crippen molar-refractivity contribution < 1.29 is 4.84 Å². The lowest BCUT2D eigenvalue weighted by molar-refractivity contribution is 0.161. The first-order valence-corrected chi connectivity index (χ1v) is 3.84. The summed E-state index contributed by atoms with van der Waals surface area (Å²) >= 11 is 0. The molecule has 0 N–H and O–H groups in total. The fourth-order valence-electron chi connectivity index (χ4n) is 0.732. The number of hydrogen-bond donors (Lipinski definition) is 0. The zero-order valence-electron chi connectivity index (χ0n) is 8.01. The van der Waals surface area contributed by atoms with E-state index in [0.717, 1.165) is 5.76 Å². The Morgan fingerprint density at radius 1 is 1.27 bits per heavy atom. The van der Waals surface area contributed by atoms with Crippen LogP contribution >= 0.6 is 0 Å². The van der Waals surface area contributed by atoms with E-state index in [1.54, 1.807) is 6.21 Å². The molecular formula is C9H17NO. The van der Waals surface area contributed by atoms with Crippen LogP contribution < -0.4 is 0 Å². The van der Waals surface area contributed by atoms with Gasteiger partial charge in [-0.05, 0) is 19.9 Å². The third kappa shape index (κ3) is 3.81. The van der Waals surface area contributed by atoms with Crippen molar-refractivity contribution in [3.05, 3.63) is 11.8 Å². The fourth-order valence-corrected chi connectivity index (χ4v) is 0.732. The van der Waals surface area contributed by atoms with Crippen molar-refractivity contribution in [2.45, 2.75) is 34.6 Å². The number of nitrogens with zero attached hydrogens (tertiary/aromatic N) is 1. The monoisotopic (exact) mass is 155 g/mol. The highest BCUT2D eigenvalue weighted by Gasteiger charge is 2.17. The molecule has 0 aromatic carbocycles. The molecule has 64 valence electrons. The lowest BCUT2D eigenvalue weighted by Gasteiger charge is -2.19. The van der Waals surface area contributed by atoms with E-state index in [1.165, 1.54) is 0 Å². The van der Waals surface area contributed by atoms with Crippen LogP contribution in [0.1, 0.15) is 34.6 Å². The first kappa shape index (κ1) is 10.2. The van der Waals surface area contributed by atoms with Crippen LogP contribution in [0.15, 0.2) is 17.0 Å². The summed E-state index contributed by atoms with van der Waals surface area (Å²) in [6, 6.07) is 0. The van der Waals surface area contributed by atoms with Gasteiger partial charge in [-0.1, -0.05) is 25.9 Å². The van der Waals surface area contributed by atoms with E-state index in [0.29, 0.717) is 0 Å². The van der Waals surface area contributed by atoms with E-state index < -0.39 is 0 Å². The molecule has 2 heteroatoms. The Kier molecular flexibility index (Phi) is 3.86. The van der Waals surface area contributed by atoms with Gasteiger partial charge < -0.3 is 4.84 Å². The Morgan fingerprint density at radius 2 is 1.82 bits per heavy atom. The molecule has 0 spiro atoms. The Hall–Kier alpha value is -0.790. The molecule has 0 aliphatic carbocycles. The van der Waals surface area contributed by atoms with Gasteiger partial charge in [0.15, 0.2) is 0 Å². The standard InChI is InChI=1S/C9H17NO/c1-6-8(9(3,4)5)11-10-7-2/h6-7H,1-5H3/b8-6-,10-7-. The second-order valence-corrected chi connectivity index (χ2v) is 3.36. The van der Waals surface area contributed by atoms with Crippen LogP contribution in [0.3, 0.4) is 0 Å². The van der Waals surface area contributed by atoms with Gasteiger partial charge in [0.2, 0.25) is 0 Å². The van der Waals surface area contributed by atoms with E-state index >= 15 is 0 Å². The van der Waals surface area contributed by atoms with Gasteiger partial charge in [0.1, 0.15) is 5.76 Å². The first-order chi connectivity index (χ1) is 5.02. The summed E-state index contributed by atoms with van der Waals surface area (Å²) in [6.07, 6.45) is 3.57. The van der Waals surface area contributed by atoms with Crippen LogP contribution in [0.5, 0.6) is 0 Å². The molecule has 0 aliphatic rings. The Bertz CT molecular complexity index is 163. The van der Waals surface area contributed by atoms with Gasteiger partial charge in [-0.15, -0.1) is 0 Å². The van der Waals surface area contributed by atoms with Crippen molar-refractivity contribution in [1.29, 1.82) is 0 Å². The van der Waals surface area contributed by atoms with Crippen molar-refractivity contribution in [3.8, 4) is 0 Å². The van der Waals surface area contributed by atoms with Gasteiger partial charge in [-0.3, -0.25) is 0 Å². The minimum Gasteiger partial charge on any atom is -0.362 e. The minimum absolute atomic E-state index is 0.0429. The lowest BCUT2D eigenvalue weighted by Crippen LogP contribution is -2.10. The van der Waals surface area contributed by atoms with Crippen molar-refractivity contribution in [3.63, 3.8) is 0 Å². The maximum absolute atomic E-state index is 5.14. The van der Waals surface area contributed by atoms with Crippen LogP contribution in [0.4, 0.5) is 0 Å². The van der Waals surface area contributed by atoms with Gasteiger partial charge in [0, 0.05) is 11.6 Å². The summed E-state index contributed by atoms with van der Waals surface area (Å²) < 4.78 is 0. The molecule has 0 heterocycles. The number of rotatable bonds is 2. The second kappa shape index (κ2) is 4.16. The van der Waals surface area contributed by atoms with Crippen molar-refractivity contribution in [1.82, 2.24) is 0 Å². The van der Waals surface area contributed by atoms with Crippen LogP contribution in [-0.2, 0) is 4.84 Å². The van der Waals surface area contributed by atoms with Gasteiger partial charge >= 0.3 is 0 Å². The predicted molar refractivity (Wildman–Crippen MR) is 48.5 cm³/mol. The molecule has 0 unspecified atom stereocenters. The molecule has 0 atom stereocenters. The van der Waals surface area contributed by atoms with Crippen LogP contribution in [-0.4, -0.2) is 6.21 Å². The highest BCUT2D eigenvalue weighted by molar-refractivity contribution is 5.52. The molecule has 0 saturated carbocycles. The van der Waals surface area contributed by atoms with Gasteiger partial charge in [0.05, 0.1) is 0 Å². The average Bonchev–Trinajstić information content (AvgIpc) is 1.87. The third-order valence-corrected chi connectivity index (χ3v) is 1.26. The molecule has 0 aromatic rings. The third-order valence-electron chi connectivity index (χ3n) is 1.26. The molecule has 0 radical (unpaired) electrons. The quantitative estimate of drug-likeness (QED) is 0.341. The molecule has 0 amide bonds. The molecule has 11 heavy (non-hydrogen) atoms. The van der Waals surface area contributed by atoms with E-state index in [-0.39, 0.29) is 5.41 Å². The zero-order valence-corrected chi connectivity index (χ0v) is 8.01. The van der Waals surface area contributed by atoms with Crippen LogP contribution in [0.25, 0.3) is 0 Å². The summed E-state index contributed by atoms with van der Waals surface area (Å²) in [6.45, 7) is 10.1. The largest absolute Gasteiger partial charge is 0.362 e. The molecule has 0 aromatic heterocycles.